The maximum atomic E-state index is 11.9. The van der Waals surface area contributed by atoms with Crippen LogP contribution in [0.3, 0.4) is 0 Å². The summed E-state index contributed by atoms with van der Waals surface area (Å²) in [4.78, 5) is 40.9. The third kappa shape index (κ3) is 7.40. The molecule has 0 saturated carbocycles. The lowest BCUT2D eigenvalue weighted by atomic mass is 9.89. The Bertz CT molecular complexity index is 911. The van der Waals surface area contributed by atoms with Crippen molar-refractivity contribution in [1.82, 2.24) is 0 Å². The summed E-state index contributed by atoms with van der Waals surface area (Å²) < 4.78 is 28.5. The van der Waals surface area contributed by atoms with Gasteiger partial charge in [-0.3, -0.25) is 14.4 Å². The SMILES string of the molecule is CCC1O[C@@H](S[C@@H]2OC(COC(C)=O)[C@H](C)C(N=[N+]=[N-])[C@@H]2OC(C)=O)C(C)[C@H](N=[N+]=[N-])[C@H]1OC(C)=O. The Morgan fingerprint density at radius 3 is 1.86 bits per heavy atom. The molecule has 36 heavy (non-hydrogen) atoms. The molecule has 200 valence electrons. The normalized spacial score (nSPS) is 35.9. The Morgan fingerprint density at radius 2 is 1.36 bits per heavy atom. The van der Waals surface area contributed by atoms with Crippen LogP contribution in [0.15, 0.2) is 10.2 Å². The summed E-state index contributed by atoms with van der Waals surface area (Å²) in [6, 6.07) is -1.54. The minimum Gasteiger partial charge on any atom is -0.463 e. The third-order valence-electron chi connectivity index (χ3n) is 6.11. The van der Waals surface area contributed by atoms with Crippen molar-refractivity contribution in [3.63, 3.8) is 0 Å². The van der Waals surface area contributed by atoms with Gasteiger partial charge in [-0.25, -0.2) is 0 Å². The molecule has 0 aromatic rings. The number of nitrogens with zero attached hydrogens (tertiary/aromatic N) is 6. The van der Waals surface area contributed by atoms with Crippen molar-refractivity contribution in [2.24, 2.45) is 22.1 Å². The molecule has 2 aliphatic heterocycles. The summed E-state index contributed by atoms with van der Waals surface area (Å²) >= 11 is 1.17. The fraction of sp³-hybridized carbons (Fsp3) is 0.857. The van der Waals surface area contributed by atoms with Gasteiger partial charge in [0.1, 0.15) is 29.7 Å². The number of esters is 3. The third-order valence-corrected chi connectivity index (χ3v) is 7.57. The summed E-state index contributed by atoms with van der Waals surface area (Å²) in [7, 11) is 0. The number of carbonyl (C=O) groups excluding carboxylic acids is 3. The molecule has 10 atom stereocenters. The monoisotopic (exact) mass is 528 g/mol. The van der Waals surface area contributed by atoms with Gasteiger partial charge in [0.2, 0.25) is 0 Å². The zero-order chi connectivity index (χ0) is 27.0. The fourth-order valence-electron chi connectivity index (χ4n) is 4.34. The van der Waals surface area contributed by atoms with E-state index in [2.05, 4.69) is 20.1 Å². The zero-order valence-electron chi connectivity index (χ0n) is 21.0. The summed E-state index contributed by atoms with van der Waals surface area (Å²) in [6.07, 6.45) is -2.51. The average Bonchev–Trinajstić information content (AvgIpc) is 2.80. The number of ether oxygens (including phenoxy) is 5. The Balaban J connectivity index is 2.40. The van der Waals surface area contributed by atoms with Crippen LogP contribution in [0, 0.1) is 11.8 Å². The van der Waals surface area contributed by atoms with E-state index in [4.69, 9.17) is 29.2 Å². The van der Waals surface area contributed by atoms with Crippen LogP contribution in [-0.4, -0.2) is 71.9 Å². The number of carbonyl (C=O) groups is 3. The van der Waals surface area contributed by atoms with Crippen molar-refractivity contribution in [1.29, 1.82) is 0 Å². The van der Waals surface area contributed by atoms with Gasteiger partial charge in [-0.1, -0.05) is 42.8 Å². The molecule has 0 aliphatic carbocycles. The molecule has 2 heterocycles. The molecule has 2 aliphatic rings. The summed E-state index contributed by atoms with van der Waals surface area (Å²) in [5.74, 6) is -2.50. The lowest BCUT2D eigenvalue weighted by Gasteiger charge is -2.47. The Kier molecular flexibility index (Phi) is 11.1. The molecule has 0 spiro atoms. The number of azide groups is 2. The highest BCUT2D eigenvalue weighted by Gasteiger charge is 2.50. The van der Waals surface area contributed by atoms with Gasteiger partial charge in [-0.15, -0.1) is 0 Å². The van der Waals surface area contributed by atoms with Crippen molar-refractivity contribution >= 4 is 29.7 Å². The van der Waals surface area contributed by atoms with Crippen LogP contribution < -0.4 is 0 Å². The topological polar surface area (TPSA) is 195 Å². The molecule has 0 radical (unpaired) electrons. The summed E-state index contributed by atoms with van der Waals surface area (Å²) in [5.41, 5.74) is 16.8. The van der Waals surface area contributed by atoms with Gasteiger partial charge in [0.25, 0.3) is 0 Å². The van der Waals surface area contributed by atoms with Crippen molar-refractivity contribution in [3.8, 4) is 0 Å². The second kappa shape index (κ2) is 13.6. The first-order chi connectivity index (χ1) is 17.0. The predicted molar refractivity (Wildman–Crippen MR) is 127 cm³/mol. The van der Waals surface area contributed by atoms with Gasteiger partial charge < -0.3 is 23.7 Å². The van der Waals surface area contributed by atoms with Crippen LogP contribution in [0.1, 0.15) is 48.0 Å². The van der Waals surface area contributed by atoms with E-state index in [0.717, 1.165) is 0 Å². The van der Waals surface area contributed by atoms with Gasteiger partial charge in [-0.05, 0) is 23.4 Å². The van der Waals surface area contributed by atoms with Gasteiger partial charge in [0.05, 0.1) is 24.3 Å². The van der Waals surface area contributed by atoms with E-state index in [0.29, 0.717) is 6.42 Å². The molecule has 0 aromatic carbocycles. The van der Waals surface area contributed by atoms with Crippen LogP contribution in [0.4, 0.5) is 0 Å². The first-order valence-corrected chi connectivity index (χ1v) is 12.5. The molecular weight excluding hydrogens is 496 g/mol. The first-order valence-electron chi connectivity index (χ1n) is 11.6. The van der Waals surface area contributed by atoms with Crippen molar-refractivity contribution in [2.75, 3.05) is 6.61 Å². The Labute approximate surface area is 212 Å². The van der Waals surface area contributed by atoms with E-state index in [9.17, 15) is 19.9 Å². The smallest absolute Gasteiger partial charge is 0.303 e. The van der Waals surface area contributed by atoms with Gasteiger partial charge in [0.15, 0.2) is 0 Å². The van der Waals surface area contributed by atoms with Crippen LogP contribution >= 0.6 is 11.8 Å². The average molecular weight is 529 g/mol. The summed E-state index contributed by atoms with van der Waals surface area (Å²) in [6.45, 7) is 9.06. The van der Waals surface area contributed by atoms with Crippen LogP contribution in [-0.2, 0) is 38.1 Å². The predicted octanol–water partition coefficient (Wildman–Crippen LogP) is 3.64. The molecule has 0 bridgehead atoms. The molecule has 0 amide bonds. The molecule has 0 N–H and O–H groups in total. The zero-order valence-corrected chi connectivity index (χ0v) is 21.9. The number of rotatable bonds is 9. The molecule has 15 heteroatoms. The van der Waals surface area contributed by atoms with Crippen LogP contribution in [0.2, 0.25) is 0 Å². The lowest BCUT2D eigenvalue weighted by molar-refractivity contribution is -0.179. The number of thioether (sulfide) groups is 1. The molecule has 2 fully saturated rings. The van der Waals surface area contributed by atoms with E-state index in [1.165, 1.54) is 32.5 Å². The fourth-order valence-corrected chi connectivity index (χ4v) is 5.80. The van der Waals surface area contributed by atoms with E-state index in [1.807, 2.05) is 6.92 Å². The molecule has 0 aromatic heterocycles. The van der Waals surface area contributed by atoms with E-state index in [1.54, 1.807) is 13.8 Å². The standard InChI is InChI=1S/C21H32N6O8S/c1-7-14-18(32-12(5)29)17(25-27-23)10(3)20(34-14)36-21-19(33-13(6)30)16(24-26-22)9(2)15(35-21)8-31-11(4)28/h9-10,14-21H,7-8H2,1-6H3/t9-,10?,14?,15?,16?,17-,18-,19-,20-,21-/m0/s1. The van der Waals surface area contributed by atoms with Gasteiger partial charge in [0, 0.05) is 36.5 Å². The minimum atomic E-state index is -0.966. The second-order valence-corrected chi connectivity index (χ2v) is 9.89. The lowest BCUT2D eigenvalue weighted by Crippen LogP contribution is -2.57. The quantitative estimate of drug-likeness (QED) is 0.141. The van der Waals surface area contributed by atoms with Crippen molar-refractivity contribution in [3.05, 3.63) is 20.9 Å². The molecule has 2 rings (SSSR count). The van der Waals surface area contributed by atoms with Gasteiger partial charge in [-0.2, -0.15) is 0 Å². The van der Waals surface area contributed by atoms with Crippen molar-refractivity contribution < 1.29 is 38.1 Å². The number of hydrogen-bond acceptors (Lipinski definition) is 11. The maximum absolute atomic E-state index is 11.9. The summed E-state index contributed by atoms with van der Waals surface area (Å²) in [5, 5.41) is 7.75. The van der Waals surface area contributed by atoms with Crippen molar-refractivity contribution in [2.45, 2.75) is 95.3 Å². The minimum absolute atomic E-state index is 0.0909. The molecular formula is C21H32N6O8S. The highest BCUT2D eigenvalue weighted by molar-refractivity contribution is 8.00. The Hall–Kier alpha value is -2.70. The van der Waals surface area contributed by atoms with E-state index in [-0.39, 0.29) is 6.61 Å². The van der Waals surface area contributed by atoms with E-state index >= 15 is 0 Å². The van der Waals surface area contributed by atoms with Gasteiger partial charge >= 0.3 is 17.9 Å². The Morgan fingerprint density at radius 1 is 0.833 bits per heavy atom. The highest BCUT2D eigenvalue weighted by atomic mass is 32.2. The molecule has 14 nitrogen and oxygen atoms in total. The van der Waals surface area contributed by atoms with Crippen LogP contribution in [0.5, 0.6) is 0 Å². The molecule has 2 saturated heterocycles. The highest BCUT2D eigenvalue weighted by Crippen LogP contribution is 2.43. The first kappa shape index (κ1) is 29.5. The van der Waals surface area contributed by atoms with Crippen LogP contribution in [0.25, 0.3) is 20.9 Å². The van der Waals surface area contributed by atoms with E-state index < -0.39 is 77.1 Å². The second-order valence-electron chi connectivity index (χ2n) is 8.69. The maximum Gasteiger partial charge on any atom is 0.303 e. The largest absolute Gasteiger partial charge is 0.463 e. The molecule has 4 unspecified atom stereocenters. The number of hydrogen-bond donors (Lipinski definition) is 0.